The Hall–Kier alpha value is -1.94. The molecule has 95 heavy (non-hydrogen) atoms. The zero-order valence-corrected chi connectivity index (χ0v) is 63.8. The van der Waals surface area contributed by atoms with Crippen LogP contribution in [-0.4, -0.2) is 96.7 Å². The van der Waals surface area contributed by atoms with Crippen LogP contribution < -0.4 is 0 Å². The van der Waals surface area contributed by atoms with Crippen molar-refractivity contribution in [3.63, 3.8) is 0 Å². The molecule has 0 heterocycles. The highest BCUT2D eigenvalue weighted by Gasteiger charge is 2.30. The quantitative estimate of drug-likeness (QED) is 0.0222. The molecule has 19 heteroatoms. The van der Waals surface area contributed by atoms with Crippen molar-refractivity contribution >= 4 is 39.5 Å². The molecule has 4 unspecified atom stereocenters. The van der Waals surface area contributed by atoms with Gasteiger partial charge in [-0.25, -0.2) is 9.13 Å². The van der Waals surface area contributed by atoms with Crippen LogP contribution in [0.3, 0.4) is 0 Å². The first-order chi connectivity index (χ1) is 45.9. The fraction of sp³-hybridized carbons (Fsp3) is 0.947. The Balaban J connectivity index is 5.12. The maximum Gasteiger partial charge on any atom is 0.472 e. The molecule has 0 bridgehead atoms. The van der Waals surface area contributed by atoms with E-state index in [0.29, 0.717) is 25.7 Å². The summed E-state index contributed by atoms with van der Waals surface area (Å²) in [5.41, 5.74) is 0. The highest BCUT2D eigenvalue weighted by molar-refractivity contribution is 7.47. The Labute approximate surface area is 581 Å². The summed E-state index contributed by atoms with van der Waals surface area (Å²) in [6.07, 6.45) is 55.9. The third-order valence-corrected chi connectivity index (χ3v) is 20.3. The van der Waals surface area contributed by atoms with E-state index in [1.807, 2.05) is 0 Å². The summed E-state index contributed by atoms with van der Waals surface area (Å²) in [5.74, 6) is -0.488. The molecule has 7 atom stereocenters. The summed E-state index contributed by atoms with van der Waals surface area (Å²) in [7, 11) is -9.90. The van der Waals surface area contributed by atoms with Crippen LogP contribution in [0, 0.1) is 11.8 Å². The zero-order chi connectivity index (χ0) is 70.0. The van der Waals surface area contributed by atoms with Gasteiger partial charge in [-0.3, -0.25) is 37.3 Å². The minimum Gasteiger partial charge on any atom is -0.462 e. The number of phosphoric ester groups is 2. The first kappa shape index (κ1) is 93.1. The molecule has 0 aliphatic rings. The lowest BCUT2D eigenvalue weighted by Crippen LogP contribution is -2.30. The number of carbonyl (C=O) groups excluding carboxylic acids is 4. The molecular weight excluding hydrogens is 1250 g/mol. The summed E-state index contributed by atoms with van der Waals surface area (Å²) in [4.78, 5) is 72.5. The van der Waals surface area contributed by atoms with Crippen molar-refractivity contribution in [2.24, 2.45) is 11.8 Å². The average molecular weight is 1400 g/mol. The van der Waals surface area contributed by atoms with Crippen molar-refractivity contribution in [2.45, 2.75) is 413 Å². The highest BCUT2D eigenvalue weighted by atomic mass is 31.2. The van der Waals surface area contributed by atoms with E-state index < -0.39 is 97.5 Å². The van der Waals surface area contributed by atoms with Crippen LogP contribution in [0.1, 0.15) is 395 Å². The van der Waals surface area contributed by atoms with E-state index in [2.05, 4.69) is 41.5 Å². The van der Waals surface area contributed by atoms with E-state index >= 15 is 0 Å². The Bertz CT molecular complexity index is 1840. The van der Waals surface area contributed by atoms with Gasteiger partial charge in [-0.15, -0.1) is 0 Å². The van der Waals surface area contributed by atoms with Crippen LogP contribution in [0.25, 0.3) is 0 Å². The SMILES string of the molecule is CCCCCCCCCCCCCCCCCCC(=O)OC[C@H](COP(=O)(O)OC[C@@H](O)COP(=O)(O)OC[C@@H](COC(=O)CCCCCCC)OC(=O)CCCCCCCCCCC(C)CC)OC(=O)CCCCCCCCCCCCCCCCCCCCC(C)CC. The number of rotatable bonds is 75. The maximum absolute atomic E-state index is 13.1. The van der Waals surface area contributed by atoms with E-state index in [1.54, 1.807) is 0 Å². The fourth-order valence-corrected chi connectivity index (χ4v) is 13.2. The number of aliphatic hydroxyl groups excluding tert-OH is 1. The maximum atomic E-state index is 13.1. The topological polar surface area (TPSA) is 237 Å². The molecule has 0 saturated carbocycles. The normalized spacial score (nSPS) is 14.6. The first-order valence-corrected chi connectivity index (χ1v) is 42.6. The summed E-state index contributed by atoms with van der Waals surface area (Å²) in [5, 5.41) is 10.6. The molecule has 0 aromatic rings. The molecule has 0 aliphatic heterocycles. The van der Waals surface area contributed by atoms with E-state index in [0.717, 1.165) is 108 Å². The third kappa shape index (κ3) is 67.6. The Morgan fingerprint density at radius 3 is 0.747 bits per heavy atom. The van der Waals surface area contributed by atoms with Crippen molar-refractivity contribution < 1.29 is 80.2 Å². The van der Waals surface area contributed by atoms with Crippen LogP contribution in [-0.2, 0) is 65.4 Å². The van der Waals surface area contributed by atoms with Crippen LogP contribution in [0.5, 0.6) is 0 Å². The van der Waals surface area contributed by atoms with Gasteiger partial charge in [0.15, 0.2) is 12.2 Å². The summed E-state index contributed by atoms with van der Waals surface area (Å²) < 4.78 is 68.3. The third-order valence-electron chi connectivity index (χ3n) is 18.4. The summed E-state index contributed by atoms with van der Waals surface area (Å²) >= 11 is 0. The predicted molar refractivity (Wildman–Crippen MR) is 386 cm³/mol. The van der Waals surface area contributed by atoms with Crippen LogP contribution in [0.15, 0.2) is 0 Å². The van der Waals surface area contributed by atoms with E-state index in [9.17, 15) is 43.2 Å². The van der Waals surface area contributed by atoms with Gasteiger partial charge in [0.2, 0.25) is 0 Å². The van der Waals surface area contributed by atoms with Crippen molar-refractivity contribution in [1.29, 1.82) is 0 Å². The number of ether oxygens (including phenoxy) is 4. The molecule has 0 aliphatic carbocycles. The van der Waals surface area contributed by atoms with Crippen LogP contribution >= 0.6 is 15.6 Å². The number of hydrogen-bond acceptors (Lipinski definition) is 15. The molecule has 0 radical (unpaired) electrons. The van der Waals surface area contributed by atoms with Gasteiger partial charge in [0, 0.05) is 25.7 Å². The molecule has 0 aromatic carbocycles. The number of carbonyl (C=O) groups is 4. The average Bonchev–Trinajstić information content (AvgIpc) is 2.07. The minimum atomic E-state index is -4.96. The van der Waals surface area contributed by atoms with Crippen molar-refractivity contribution in [2.75, 3.05) is 39.6 Å². The fourth-order valence-electron chi connectivity index (χ4n) is 11.6. The van der Waals surface area contributed by atoms with E-state index in [1.165, 1.54) is 205 Å². The highest BCUT2D eigenvalue weighted by Crippen LogP contribution is 2.45. The van der Waals surface area contributed by atoms with Crippen molar-refractivity contribution in [1.82, 2.24) is 0 Å². The molecular formula is C76H148O17P2. The summed E-state index contributed by atoms with van der Waals surface area (Å²) in [6.45, 7) is 9.57. The first-order valence-electron chi connectivity index (χ1n) is 39.6. The molecule has 0 spiro atoms. The second-order valence-corrected chi connectivity index (χ2v) is 30.8. The lowest BCUT2D eigenvalue weighted by atomic mass is 9.99. The molecule has 564 valence electrons. The second-order valence-electron chi connectivity index (χ2n) is 27.9. The van der Waals surface area contributed by atoms with Gasteiger partial charge in [-0.1, -0.05) is 343 Å². The Morgan fingerprint density at radius 1 is 0.295 bits per heavy atom. The number of aliphatic hydroxyl groups is 1. The molecule has 17 nitrogen and oxygen atoms in total. The van der Waals surface area contributed by atoms with Gasteiger partial charge in [-0.05, 0) is 37.5 Å². The van der Waals surface area contributed by atoms with Gasteiger partial charge in [-0.2, -0.15) is 0 Å². The Morgan fingerprint density at radius 2 is 0.505 bits per heavy atom. The van der Waals surface area contributed by atoms with E-state index in [-0.39, 0.29) is 25.7 Å². The molecule has 0 fully saturated rings. The monoisotopic (exact) mass is 1400 g/mol. The van der Waals surface area contributed by atoms with Gasteiger partial charge in [0.25, 0.3) is 0 Å². The van der Waals surface area contributed by atoms with Gasteiger partial charge < -0.3 is 33.8 Å². The van der Waals surface area contributed by atoms with Gasteiger partial charge in [0.05, 0.1) is 26.4 Å². The van der Waals surface area contributed by atoms with E-state index in [4.69, 9.17) is 37.0 Å². The zero-order valence-electron chi connectivity index (χ0n) is 62.0. The Kier molecular flexibility index (Phi) is 66.5. The molecule has 0 saturated heterocycles. The summed E-state index contributed by atoms with van der Waals surface area (Å²) in [6, 6.07) is 0. The molecule has 0 aromatic heterocycles. The molecule has 0 rings (SSSR count). The molecule has 3 N–H and O–H groups in total. The number of hydrogen-bond donors (Lipinski definition) is 3. The van der Waals surface area contributed by atoms with Crippen molar-refractivity contribution in [3.8, 4) is 0 Å². The van der Waals surface area contributed by atoms with Gasteiger partial charge >= 0.3 is 39.5 Å². The lowest BCUT2D eigenvalue weighted by Gasteiger charge is -2.21. The standard InChI is InChI=1S/C76H148O17P2/c1-7-11-13-15-16-17-18-19-20-26-29-32-35-41-47-53-59-74(79)87-65-72(93-75(80)60-54-48-42-36-33-30-27-24-22-21-23-25-28-31-34-39-45-50-56-68(5)9-3)67-91-95(84,85)89-63-70(77)62-88-94(82,83)90-66-71(64-86-73(78)58-52-44-14-12-8-2)92-76(81)61-55-49-43-38-37-40-46-51-57-69(6)10-4/h68-72,77H,7-67H2,1-6H3,(H,82,83)(H,84,85)/t68?,69?,70-,71+,72+/m0/s1. The predicted octanol–water partition coefficient (Wildman–Crippen LogP) is 22.3. The van der Waals surface area contributed by atoms with Crippen LogP contribution in [0.4, 0.5) is 0 Å². The minimum absolute atomic E-state index is 0.104. The van der Waals surface area contributed by atoms with Crippen molar-refractivity contribution in [3.05, 3.63) is 0 Å². The number of phosphoric acid groups is 2. The lowest BCUT2D eigenvalue weighted by molar-refractivity contribution is -0.161. The number of unbranched alkanes of at least 4 members (excludes halogenated alkanes) is 43. The largest absolute Gasteiger partial charge is 0.472 e. The molecule has 0 amide bonds. The van der Waals surface area contributed by atoms with Crippen LogP contribution in [0.2, 0.25) is 0 Å². The number of esters is 4. The van der Waals surface area contributed by atoms with Gasteiger partial charge in [0.1, 0.15) is 19.3 Å². The second kappa shape index (κ2) is 67.9. The smallest absolute Gasteiger partial charge is 0.462 e.